The van der Waals surface area contributed by atoms with Gasteiger partial charge in [-0.15, -0.1) is 0 Å². The van der Waals surface area contributed by atoms with Gasteiger partial charge in [-0.3, -0.25) is 14.5 Å². The van der Waals surface area contributed by atoms with Gasteiger partial charge < -0.3 is 0 Å². The van der Waals surface area contributed by atoms with E-state index in [1.807, 2.05) is 24.3 Å². The van der Waals surface area contributed by atoms with Crippen LogP contribution in [0.4, 0.5) is 0 Å². The number of hydrogen-bond acceptors (Lipinski definition) is 2. The molecule has 0 N–H and O–H groups in total. The van der Waals surface area contributed by atoms with Crippen molar-refractivity contribution in [3.8, 4) is 0 Å². The fourth-order valence-electron chi connectivity index (χ4n) is 1.81. The van der Waals surface area contributed by atoms with E-state index in [0.29, 0.717) is 6.54 Å². The number of rotatable bonds is 3. The van der Waals surface area contributed by atoms with Crippen LogP contribution in [0.25, 0.3) is 0 Å². The highest BCUT2D eigenvalue weighted by Gasteiger charge is 2.23. The van der Waals surface area contributed by atoms with Crippen LogP contribution in [0.5, 0.6) is 0 Å². The molecule has 0 atom stereocenters. The van der Waals surface area contributed by atoms with E-state index in [2.05, 4.69) is 6.92 Å². The monoisotopic (exact) mass is 215 g/mol. The predicted octanol–water partition coefficient (Wildman–Crippen LogP) is 1.67. The molecule has 0 unspecified atom stereocenters. The normalized spacial score (nSPS) is 14.9. The standard InChI is InChI=1S/C13H13NO2/c1-2-10-5-3-4-6-11(10)9-14-12(15)7-8-13(14)16/h3-8H,2,9H2,1H3. The van der Waals surface area contributed by atoms with Crippen LogP contribution in [0.3, 0.4) is 0 Å². The van der Waals surface area contributed by atoms with Crippen LogP contribution < -0.4 is 0 Å². The van der Waals surface area contributed by atoms with Gasteiger partial charge in [-0.05, 0) is 17.5 Å². The predicted molar refractivity (Wildman–Crippen MR) is 60.5 cm³/mol. The Morgan fingerprint density at radius 2 is 1.56 bits per heavy atom. The topological polar surface area (TPSA) is 37.4 Å². The first kappa shape index (κ1) is 10.6. The molecule has 82 valence electrons. The van der Waals surface area contributed by atoms with Crippen LogP contribution in [0.2, 0.25) is 0 Å². The molecule has 0 saturated heterocycles. The highest BCUT2D eigenvalue weighted by molar-refractivity contribution is 6.12. The molecule has 0 aromatic heterocycles. The molecule has 0 saturated carbocycles. The molecule has 0 radical (unpaired) electrons. The van der Waals surface area contributed by atoms with Crippen molar-refractivity contribution in [1.82, 2.24) is 4.90 Å². The fraction of sp³-hybridized carbons (Fsp3) is 0.231. The smallest absolute Gasteiger partial charge is 0.253 e. The summed E-state index contributed by atoms with van der Waals surface area (Å²) in [6.45, 7) is 2.43. The molecule has 1 heterocycles. The number of benzene rings is 1. The highest BCUT2D eigenvalue weighted by atomic mass is 16.2. The Bertz CT molecular complexity index is 445. The lowest BCUT2D eigenvalue weighted by Crippen LogP contribution is -2.29. The molecule has 1 aliphatic heterocycles. The maximum absolute atomic E-state index is 11.4. The maximum atomic E-state index is 11.4. The van der Waals surface area contributed by atoms with Gasteiger partial charge in [0.1, 0.15) is 0 Å². The summed E-state index contributed by atoms with van der Waals surface area (Å²) in [6, 6.07) is 7.87. The second-order valence-corrected chi connectivity index (χ2v) is 3.72. The number of carbonyl (C=O) groups is 2. The summed E-state index contributed by atoms with van der Waals surface area (Å²) in [5, 5.41) is 0. The third kappa shape index (κ3) is 1.89. The molecule has 1 aromatic carbocycles. The van der Waals surface area contributed by atoms with Gasteiger partial charge in [0.05, 0.1) is 6.54 Å². The summed E-state index contributed by atoms with van der Waals surface area (Å²) in [5.74, 6) is -0.452. The molecule has 0 bridgehead atoms. The SMILES string of the molecule is CCc1ccccc1CN1C(=O)C=CC1=O. The molecule has 2 amide bonds. The van der Waals surface area contributed by atoms with Gasteiger partial charge in [-0.1, -0.05) is 31.2 Å². The van der Waals surface area contributed by atoms with E-state index in [4.69, 9.17) is 0 Å². The van der Waals surface area contributed by atoms with Gasteiger partial charge in [-0.2, -0.15) is 0 Å². The minimum Gasteiger partial charge on any atom is -0.271 e. The molecule has 16 heavy (non-hydrogen) atoms. The molecular weight excluding hydrogens is 202 g/mol. The summed E-state index contributed by atoms with van der Waals surface area (Å²) in [6.07, 6.45) is 3.54. The van der Waals surface area contributed by atoms with Gasteiger partial charge >= 0.3 is 0 Å². The fourth-order valence-corrected chi connectivity index (χ4v) is 1.81. The third-order valence-electron chi connectivity index (χ3n) is 2.73. The van der Waals surface area contributed by atoms with Crippen molar-refractivity contribution in [3.05, 3.63) is 47.5 Å². The minimum absolute atomic E-state index is 0.226. The summed E-state index contributed by atoms with van der Waals surface area (Å²) >= 11 is 0. The number of nitrogens with zero attached hydrogens (tertiary/aromatic N) is 1. The summed E-state index contributed by atoms with van der Waals surface area (Å²) < 4.78 is 0. The number of amides is 2. The molecule has 2 rings (SSSR count). The molecular formula is C13H13NO2. The number of imide groups is 1. The van der Waals surface area contributed by atoms with Crippen molar-refractivity contribution in [3.63, 3.8) is 0 Å². The average molecular weight is 215 g/mol. The molecule has 0 aliphatic carbocycles. The van der Waals surface area contributed by atoms with Gasteiger partial charge in [0.2, 0.25) is 0 Å². The van der Waals surface area contributed by atoms with Crippen molar-refractivity contribution >= 4 is 11.8 Å². The Balaban J connectivity index is 2.21. The van der Waals surface area contributed by atoms with Crippen LogP contribution in [-0.2, 0) is 22.6 Å². The van der Waals surface area contributed by atoms with Crippen LogP contribution in [0.1, 0.15) is 18.1 Å². The van der Waals surface area contributed by atoms with Crippen LogP contribution in [-0.4, -0.2) is 16.7 Å². The van der Waals surface area contributed by atoms with Gasteiger partial charge in [-0.25, -0.2) is 0 Å². The van der Waals surface area contributed by atoms with Crippen LogP contribution in [0.15, 0.2) is 36.4 Å². The quantitative estimate of drug-likeness (QED) is 0.719. The zero-order valence-corrected chi connectivity index (χ0v) is 9.14. The Labute approximate surface area is 94.4 Å². The van der Waals surface area contributed by atoms with Crippen LogP contribution in [0, 0.1) is 0 Å². The zero-order valence-electron chi connectivity index (χ0n) is 9.14. The second kappa shape index (κ2) is 4.31. The van der Waals surface area contributed by atoms with Crippen LogP contribution >= 0.6 is 0 Å². The third-order valence-corrected chi connectivity index (χ3v) is 2.73. The van der Waals surface area contributed by atoms with Gasteiger partial charge in [0.25, 0.3) is 11.8 Å². The second-order valence-electron chi connectivity index (χ2n) is 3.72. The molecule has 1 aliphatic rings. The number of aryl methyl sites for hydroxylation is 1. The van der Waals surface area contributed by atoms with E-state index in [-0.39, 0.29) is 11.8 Å². The van der Waals surface area contributed by atoms with Crippen molar-refractivity contribution in [2.45, 2.75) is 19.9 Å². The lowest BCUT2D eigenvalue weighted by molar-refractivity contribution is -0.137. The van der Waals surface area contributed by atoms with E-state index < -0.39 is 0 Å². The summed E-state index contributed by atoms with van der Waals surface area (Å²) in [5.41, 5.74) is 2.21. The van der Waals surface area contributed by atoms with Crippen molar-refractivity contribution in [1.29, 1.82) is 0 Å². The first-order valence-electron chi connectivity index (χ1n) is 5.32. The zero-order chi connectivity index (χ0) is 11.5. The first-order valence-corrected chi connectivity index (χ1v) is 5.32. The molecule has 0 spiro atoms. The maximum Gasteiger partial charge on any atom is 0.253 e. The molecule has 3 nitrogen and oxygen atoms in total. The largest absolute Gasteiger partial charge is 0.271 e. The highest BCUT2D eigenvalue weighted by Crippen LogP contribution is 2.15. The van der Waals surface area contributed by atoms with Gasteiger partial charge in [0.15, 0.2) is 0 Å². The summed E-state index contributed by atoms with van der Waals surface area (Å²) in [4.78, 5) is 24.1. The van der Waals surface area contributed by atoms with E-state index in [1.165, 1.54) is 22.6 Å². The minimum atomic E-state index is -0.226. The Kier molecular flexibility index (Phi) is 2.86. The lowest BCUT2D eigenvalue weighted by Gasteiger charge is -2.15. The Hall–Kier alpha value is -1.90. The van der Waals surface area contributed by atoms with E-state index in [1.54, 1.807) is 0 Å². The summed E-state index contributed by atoms with van der Waals surface area (Å²) in [7, 11) is 0. The van der Waals surface area contributed by atoms with Crippen molar-refractivity contribution < 1.29 is 9.59 Å². The number of hydrogen-bond donors (Lipinski definition) is 0. The lowest BCUT2D eigenvalue weighted by atomic mass is 10.1. The molecule has 1 aromatic rings. The van der Waals surface area contributed by atoms with Crippen molar-refractivity contribution in [2.75, 3.05) is 0 Å². The average Bonchev–Trinajstić information content (AvgIpc) is 2.61. The molecule has 0 fully saturated rings. The van der Waals surface area contributed by atoms with Gasteiger partial charge in [0, 0.05) is 12.2 Å². The van der Waals surface area contributed by atoms with E-state index >= 15 is 0 Å². The Morgan fingerprint density at radius 1 is 1.00 bits per heavy atom. The van der Waals surface area contributed by atoms with Crippen molar-refractivity contribution in [2.24, 2.45) is 0 Å². The Morgan fingerprint density at radius 3 is 2.12 bits per heavy atom. The number of carbonyl (C=O) groups excluding carboxylic acids is 2. The molecule has 3 heteroatoms. The first-order chi connectivity index (χ1) is 7.72. The van der Waals surface area contributed by atoms with E-state index in [9.17, 15) is 9.59 Å². The van der Waals surface area contributed by atoms with E-state index in [0.717, 1.165) is 12.0 Å².